The van der Waals surface area contributed by atoms with Crippen LogP contribution in [0.25, 0.3) is 11.2 Å². The molecular weight excluding hydrogens is 576 g/mol. The summed E-state index contributed by atoms with van der Waals surface area (Å²) in [5.74, 6) is -1.96. The molecule has 0 saturated carbocycles. The number of hydrogen-bond acceptors (Lipinski definition) is 10. The molecule has 208 valence electrons. The van der Waals surface area contributed by atoms with Crippen molar-refractivity contribution in [1.82, 2.24) is 19.5 Å². The Hall–Kier alpha value is -2.54. The van der Waals surface area contributed by atoms with Gasteiger partial charge in [0.2, 0.25) is 11.5 Å². The summed E-state index contributed by atoms with van der Waals surface area (Å²) >= 11 is 6.27. The van der Waals surface area contributed by atoms with Crippen LogP contribution in [0.15, 0.2) is 42.1 Å². The van der Waals surface area contributed by atoms with E-state index in [1.165, 1.54) is 22.0 Å². The zero-order valence-electron chi connectivity index (χ0n) is 20.2. The van der Waals surface area contributed by atoms with Crippen molar-refractivity contribution < 1.29 is 43.3 Å². The third-order valence-corrected chi connectivity index (χ3v) is 10.9. The van der Waals surface area contributed by atoms with Gasteiger partial charge in [-0.15, -0.1) is 0 Å². The first-order valence-corrected chi connectivity index (χ1v) is 15.8. The molecule has 3 aliphatic rings. The van der Waals surface area contributed by atoms with Gasteiger partial charge in [0.15, 0.2) is 40.5 Å². The second kappa shape index (κ2) is 9.25. The van der Waals surface area contributed by atoms with E-state index in [4.69, 9.17) is 30.6 Å². The van der Waals surface area contributed by atoms with Gasteiger partial charge in [-0.05, 0) is 35.6 Å². The van der Waals surface area contributed by atoms with Crippen molar-refractivity contribution in [2.45, 2.75) is 30.6 Å². The minimum Gasteiger partial charge on any atom is -0.506 e. The molecule has 2 aliphatic heterocycles. The van der Waals surface area contributed by atoms with Crippen LogP contribution >= 0.6 is 26.8 Å². The third-order valence-electron chi connectivity index (χ3n) is 7.26. The number of aromatic nitrogens is 4. The quantitative estimate of drug-likeness (QED) is 0.196. The minimum absolute atomic E-state index is 0.0320. The number of fused-ring (bicyclic) bond motifs is 3. The fraction of sp³-hybridized carbons (Fsp3) is 0.409. The maximum absolute atomic E-state index is 12.0. The zero-order valence-corrected chi connectivity index (χ0v) is 22.7. The van der Waals surface area contributed by atoms with Gasteiger partial charge in [0.1, 0.15) is 12.9 Å². The molecule has 1 saturated heterocycles. The van der Waals surface area contributed by atoms with Crippen LogP contribution in [0.4, 0.5) is 5.82 Å². The van der Waals surface area contributed by atoms with Gasteiger partial charge in [0.25, 0.3) is 0 Å². The zero-order chi connectivity index (χ0) is 27.7. The van der Waals surface area contributed by atoms with E-state index in [1.54, 1.807) is 0 Å². The van der Waals surface area contributed by atoms with E-state index < -0.39 is 45.8 Å². The van der Waals surface area contributed by atoms with Gasteiger partial charge in [-0.1, -0.05) is 24.3 Å². The number of ether oxygens (including phenoxy) is 1. The highest BCUT2D eigenvalue weighted by molar-refractivity contribution is 7.70. The van der Waals surface area contributed by atoms with Crippen LogP contribution in [0.2, 0.25) is 5.28 Å². The van der Waals surface area contributed by atoms with Gasteiger partial charge < -0.3 is 34.5 Å². The Morgan fingerprint density at radius 1 is 1.18 bits per heavy atom. The summed E-state index contributed by atoms with van der Waals surface area (Å²) in [4.78, 5) is 42.7. The van der Waals surface area contributed by atoms with Gasteiger partial charge in [-0.2, -0.15) is 9.97 Å². The van der Waals surface area contributed by atoms with Crippen molar-refractivity contribution in [1.29, 1.82) is 0 Å². The summed E-state index contributed by atoms with van der Waals surface area (Å²) in [5.41, 5.74) is 3.36. The molecule has 3 atom stereocenters. The first kappa shape index (κ1) is 26.7. The number of hydrogen-bond donors (Lipinski definition) is 5. The monoisotopic (exact) mass is 599 g/mol. The molecule has 6 rings (SSSR count). The highest BCUT2D eigenvalue weighted by Gasteiger charge is 2.49. The van der Waals surface area contributed by atoms with Crippen LogP contribution in [-0.2, 0) is 30.2 Å². The van der Waals surface area contributed by atoms with Crippen molar-refractivity contribution >= 4 is 43.8 Å². The number of nitrogens with zero attached hydrogens (tertiary/aromatic N) is 5. The SMILES string of the molecule is O=P(O)(O)CP(=O)(O)OCC1=C(O)C(O)[C@H](n2cnc3c(N4CC5(CCc6ccccc65)C4)nc(Cl)nc32)O1. The Labute approximate surface area is 226 Å². The molecule has 39 heavy (non-hydrogen) atoms. The van der Waals surface area contributed by atoms with Gasteiger partial charge in [0, 0.05) is 18.5 Å². The van der Waals surface area contributed by atoms with Gasteiger partial charge in [0.05, 0.1) is 0 Å². The van der Waals surface area contributed by atoms with E-state index in [-0.39, 0.29) is 22.1 Å². The lowest BCUT2D eigenvalue weighted by Crippen LogP contribution is -2.58. The standard InChI is InChI=1S/C22H24ClN5O9P2/c23-21-25-18(27-8-22(9-27)6-5-12-3-1-2-4-13(12)22)15-19(26-21)28(10-24-15)20-17(30)16(29)14(37-20)7-36-39(34,35)11-38(31,32)33/h1-4,10,17,20,29-30H,5-9,11H2,(H,34,35)(H2,31,32,33)/t17?,20-/m1/s1. The van der Waals surface area contributed by atoms with E-state index in [0.717, 1.165) is 25.9 Å². The Morgan fingerprint density at radius 3 is 2.67 bits per heavy atom. The molecule has 17 heteroatoms. The lowest BCUT2D eigenvalue weighted by Gasteiger charge is -2.49. The Balaban J connectivity index is 1.22. The van der Waals surface area contributed by atoms with Crippen molar-refractivity contribution in [3.05, 3.63) is 58.5 Å². The number of anilines is 1. The summed E-state index contributed by atoms with van der Waals surface area (Å²) in [6.45, 7) is 0.626. The van der Waals surface area contributed by atoms with E-state index in [0.29, 0.717) is 11.3 Å². The van der Waals surface area contributed by atoms with Crippen LogP contribution in [0.1, 0.15) is 23.8 Å². The highest BCUT2D eigenvalue weighted by atomic mass is 35.5. The maximum atomic E-state index is 12.0. The first-order chi connectivity index (χ1) is 18.4. The van der Waals surface area contributed by atoms with Gasteiger partial charge >= 0.3 is 15.2 Å². The number of benzene rings is 1. The van der Waals surface area contributed by atoms with Crippen LogP contribution in [-0.4, -0.2) is 76.1 Å². The van der Waals surface area contributed by atoms with Crippen molar-refractivity contribution in [2.24, 2.45) is 0 Å². The molecule has 1 spiro atoms. The van der Waals surface area contributed by atoms with Crippen molar-refractivity contribution in [2.75, 3.05) is 30.5 Å². The number of aliphatic hydroxyl groups excluding tert-OH is 2. The van der Waals surface area contributed by atoms with Crippen LogP contribution < -0.4 is 4.90 Å². The number of rotatable bonds is 7. The Kier molecular flexibility index (Phi) is 6.33. The van der Waals surface area contributed by atoms with Crippen molar-refractivity contribution in [3.63, 3.8) is 0 Å². The molecule has 2 aromatic heterocycles. The summed E-state index contributed by atoms with van der Waals surface area (Å²) in [5, 5.41) is 20.9. The predicted octanol–water partition coefficient (Wildman–Crippen LogP) is 2.18. The van der Waals surface area contributed by atoms with Crippen molar-refractivity contribution in [3.8, 4) is 0 Å². The summed E-state index contributed by atoms with van der Waals surface area (Å²) in [6, 6.07) is 8.41. The molecule has 14 nitrogen and oxygen atoms in total. The molecule has 0 radical (unpaired) electrons. The van der Waals surface area contributed by atoms with E-state index in [1.807, 2.05) is 12.1 Å². The minimum atomic E-state index is -4.85. The molecular formula is C22H24ClN5O9P2. The molecule has 0 amide bonds. The average Bonchev–Trinajstić information content (AvgIpc) is 3.50. The largest absolute Gasteiger partial charge is 0.506 e. The lowest BCUT2D eigenvalue weighted by molar-refractivity contribution is -0.0112. The van der Waals surface area contributed by atoms with Gasteiger partial charge in [-0.25, -0.2) is 4.98 Å². The second-order valence-corrected chi connectivity index (χ2v) is 14.2. The summed E-state index contributed by atoms with van der Waals surface area (Å²) in [6.07, 6.45) is 0.488. The highest BCUT2D eigenvalue weighted by Crippen LogP contribution is 2.56. The lowest BCUT2D eigenvalue weighted by atomic mass is 9.75. The fourth-order valence-electron chi connectivity index (χ4n) is 5.53. The first-order valence-electron chi connectivity index (χ1n) is 11.9. The molecule has 5 N–H and O–H groups in total. The Morgan fingerprint density at radius 2 is 1.92 bits per heavy atom. The summed E-state index contributed by atoms with van der Waals surface area (Å²) in [7, 11) is -9.56. The van der Waals surface area contributed by atoms with Crippen LogP contribution in [0.5, 0.6) is 0 Å². The van der Waals surface area contributed by atoms with Gasteiger partial charge in [-0.3, -0.25) is 18.2 Å². The third kappa shape index (κ3) is 4.75. The predicted molar refractivity (Wildman–Crippen MR) is 137 cm³/mol. The number of halogens is 1. The van der Waals surface area contributed by atoms with E-state index >= 15 is 0 Å². The number of aliphatic hydroxyl groups is 2. The van der Waals surface area contributed by atoms with E-state index in [2.05, 4.69) is 32.0 Å². The smallest absolute Gasteiger partial charge is 0.340 e. The topological polar surface area (TPSA) is 201 Å². The van der Waals surface area contributed by atoms with Crippen LogP contribution in [0, 0.1) is 0 Å². The molecule has 0 bridgehead atoms. The average molecular weight is 600 g/mol. The normalized spacial score (nSPS) is 23.7. The van der Waals surface area contributed by atoms with Crippen LogP contribution in [0.3, 0.4) is 0 Å². The maximum Gasteiger partial charge on any atom is 0.340 e. The molecule has 1 aliphatic carbocycles. The van der Waals surface area contributed by atoms with E-state index in [9.17, 15) is 24.2 Å². The molecule has 1 fully saturated rings. The Bertz CT molecular complexity index is 1600. The molecule has 2 unspecified atom stereocenters. The number of imidazole rings is 1. The fourth-order valence-corrected chi connectivity index (χ4v) is 8.20. The summed E-state index contributed by atoms with van der Waals surface area (Å²) < 4.78 is 34.7. The molecule has 3 aromatic rings. The molecule has 1 aromatic carbocycles. The molecule has 4 heterocycles. The number of aryl methyl sites for hydroxylation is 1. The second-order valence-electron chi connectivity index (χ2n) is 9.91.